The molecule has 0 unspecified atom stereocenters. The van der Waals surface area contributed by atoms with Crippen LogP contribution in [-0.4, -0.2) is 35.2 Å². The van der Waals surface area contributed by atoms with E-state index in [9.17, 15) is 8.42 Å². The third-order valence-electron chi connectivity index (χ3n) is 4.54. The van der Waals surface area contributed by atoms with Gasteiger partial charge in [-0.25, -0.2) is 18.5 Å². The summed E-state index contributed by atoms with van der Waals surface area (Å²) in [6.45, 7) is -1.12. The number of rotatable bonds is 5. The first kappa shape index (κ1) is 13.0. The summed E-state index contributed by atoms with van der Waals surface area (Å²) in [5.74, 6) is -0.390. The lowest BCUT2D eigenvalue weighted by Crippen LogP contribution is -2.14. The molecule has 0 saturated heterocycles. The second-order valence-electron chi connectivity index (χ2n) is 6.71. The fraction of sp³-hybridized carbons (Fsp3) is 0.190. The van der Waals surface area contributed by atoms with Crippen LogP contribution < -0.4 is 15.4 Å². The molecule has 0 aliphatic rings. The van der Waals surface area contributed by atoms with Crippen LogP contribution in [0.3, 0.4) is 0 Å². The molecule has 3 N–H and O–H groups in total. The quantitative estimate of drug-likeness (QED) is 0.484. The Hall–Kier alpha value is -3.50. The van der Waals surface area contributed by atoms with Crippen LogP contribution in [0, 0.1) is 13.8 Å². The molecule has 160 valence electrons. The lowest BCUT2D eigenvalue weighted by molar-refractivity contribution is 0.597. The minimum Gasteiger partial charge on any atom is -0.329 e. The fourth-order valence-electron chi connectivity index (χ4n) is 2.93. The summed E-state index contributed by atoms with van der Waals surface area (Å²) in [7, 11) is -1.33. The number of aromatic nitrogens is 4. The average Bonchev–Trinajstić information content (AvgIpc) is 3.16. The predicted molar refractivity (Wildman–Crippen MR) is 121 cm³/mol. The fourth-order valence-corrected chi connectivity index (χ4v) is 3.65. The second kappa shape index (κ2) is 7.64. The molecule has 0 spiro atoms. The normalized spacial score (nSPS) is 15.7. The van der Waals surface area contributed by atoms with Gasteiger partial charge in [-0.3, -0.25) is 4.68 Å². The smallest absolute Gasteiger partial charge is 0.238 e. The van der Waals surface area contributed by atoms with Gasteiger partial charge in [0.05, 0.1) is 17.3 Å². The van der Waals surface area contributed by atoms with Crippen molar-refractivity contribution in [1.29, 1.82) is 0 Å². The first-order valence-corrected chi connectivity index (χ1v) is 10.4. The Bertz CT molecular complexity index is 1760. The van der Waals surface area contributed by atoms with Gasteiger partial charge in [-0.2, -0.15) is 10.1 Å². The van der Waals surface area contributed by atoms with Crippen LogP contribution in [0.4, 0.5) is 23.1 Å². The van der Waals surface area contributed by atoms with Gasteiger partial charge in [0.2, 0.25) is 16.0 Å². The van der Waals surface area contributed by atoms with Crippen LogP contribution in [0.15, 0.2) is 53.4 Å². The van der Waals surface area contributed by atoms with E-state index in [2.05, 4.69) is 20.4 Å². The maximum absolute atomic E-state index is 12.1. The third-order valence-corrected chi connectivity index (χ3v) is 5.52. The van der Waals surface area contributed by atoms with Crippen molar-refractivity contribution >= 4 is 44.1 Å². The molecule has 10 heteroatoms. The first-order chi connectivity index (χ1) is 17.9. The Morgan fingerprint density at radius 3 is 2.84 bits per heavy atom. The van der Waals surface area contributed by atoms with Gasteiger partial charge in [0, 0.05) is 46.8 Å². The molecule has 2 heterocycles. The maximum atomic E-state index is 12.1. The van der Waals surface area contributed by atoms with Crippen molar-refractivity contribution < 1.29 is 19.4 Å². The van der Waals surface area contributed by atoms with E-state index < -0.39 is 51.8 Å². The Kier molecular flexibility index (Phi) is 3.21. The summed E-state index contributed by atoms with van der Waals surface area (Å²) in [6.07, 6.45) is -0.513. The predicted octanol–water partition coefficient (Wildman–Crippen LogP) is 3.14. The van der Waals surface area contributed by atoms with Crippen LogP contribution in [0.25, 0.3) is 10.9 Å². The standard InChI is InChI=1S/C21H23N7O2S/c1-13-5-6-15(11-19(13)31(22,29)30)24-21-23-10-9-20(25-21)27(3)16-7-8-17-14(2)28(4)26-18(17)12-16/h5-12H,1-4H3,(H2,22,29,30)(H,23,24,25)/i2D3,5D,6D,9D,10D,11D. The zero-order valence-corrected chi connectivity index (χ0v) is 17.6. The van der Waals surface area contributed by atoms with Gasteiger partial charge in [0.1, 0.15) is 5.82 Å². The van der Waals surface area contributed by atoms with Gasteiger partial charge in [-0.05, 0) is 55.7 Å². The second-order valence-corrected chi connectivity index (χ2v) is 8.21. The summed E-state index contributed by atoms with van der Waals surface area (Å²) in [5.41, 5.74) is 0.339. The molecule has 31 heavy (non-hydrogen) atoms. The Balaban J connectivity index is 1.81. The molecule has 0 atom stereocenters. The SMILES string of the molecule is [2H]c1nc(Nc2c([2H])c([2H])c(C)c(S(N)(=O)=O)c2[2H])nc(N(C)c2ccc3c(C([2H])([2H])[2H])n(C)nc3c2)c1[2H]. The lowest BCUT2D eigenvalue weighted by atomic mass is 10.2. The van der Waals surface area contributed by atoms with E-state index in [0.29, 0.717) is 16.6 Å². The number of aryl methyl sites for hydroxylation is 2. The number of nitrogens with zero attached hydrogens (tertiary/aromatic N) is 5. The molecular formula is C21H23N7O2S. The van der Waals surface area contributed by atoms with Crippen molar-refractivity contribution in [3.63, 3.8) is 0 Å². The summed E-state index contributed by atoms with van der Waals surface area (Å²) < 4.78 is 89.8. The molecule has 0 saturated carbocycles. The molecule has 0 bridgehead atoms. The van der Waals surface area contributed by atoms with Gasteiger partial charge in [-0.1, -0.05) is 6.04 Å². The molecule has 0 aliphatic heterocycles. The number of fused-ring (bicyclic) bond motifs is 1. The van der Waals surface area contributed by atoms with Crippen LogP contribution >= 0.6 is 0 Å². The summed E-state index contributed by atoms with van der Waals surface area (Å²) >= 11 is 0. The van der Waals surface area contributed by atoms with Gasteiger partial charge in [0.25, 0.3) is 0 Å². The highest BCUT2D eigenvalue weighted by Gasteiger charge is 2.14. The highest BCUT2D eigenvalue weighted by atomic mass is 32.2. The van der Waals surface area contributed by atoms with Crippen molar-refractivity contribution in [3.8, 4) is 0 Å². The van der Waals surface area contributed by atoms with Crippen LogP contribution in [0.1, 0.15) is 22.2 Å². The van der Waals surface area contributed by atoms with E-state index in [0.717, 1.165) is 0 Å². The Labute approximate surface area is 191 Å². The first-order valence-electron chi connectivity index (χ1n) is 12.9. The number of nitrogens with two attached hydrogens (primary N) is 1. The van der Waals surface area contributed by atoms with E-state index in [1.165, 1.54) is 23.6 Å². The summed E-state index contributed by atoms with van der Waals surface area (Å²) in [6, 6.07) is 2.77. The summed E-state index contributed by atoms with van der Waals surface area (Å²) in [4.78, 5) is 8.92. The third kappa shape index (κ3) is 4.07. The zero-order chi connectivity index (χ0) is 29.2. The van der Waals surface area contributed by atoms with E-state index in [1.807, 2.05) is 0 Å². The largest absolute Gasteiger partial charge is 0.329 e. The molecule has 2 aromatic carbocycles. The molecule has 2 aromatic heterocycles. The average molecular weight is 446 g/mol. The number of sulfonamides is 1. The molecule has 0 amide bonds. The zero-order valence-electron chi connectivity index (χ0n) is 24.8. The van der Waals surface area contributed by atoms with Crippen LogP contribution in [-0.2, 0) is 17.1 Å². The minimum absolute atomic E-state index is 0.0632. The monoisotopic (exact) mass is 445 g/mol. The molecule has 0 fully saturated rings. The van der Waals surface area contributed by atoms with Crippen molar-refractivity contribution in [2.45, 2.75) is 18.7 Å². The lowest BCUT2D eigenvalue weighted by Gasteiger charge is -2.19. The molecule has 4 rings (SSSR count). The van der Waals surface area contributed by atoms with Crippen molar-refractivity contribution in [2.75, 3.05) is 17.3 Å². The minimum atomic E-state index is -4.41. The number of hydrogen-bond acceptors (Lipinski definition) is 7. The highest BCUT2D eigenvalue weighted by Crippen LogP contribution is 2.28. The van der Waals surface area contributed by atoms with E-state index >= 15 is 0 Å². The van der Waals surface area contributed by atoms with Crippen molar-refractivity contribution in [3.05, 3.63) is 59.8 Å². The van der Waals surface area contributed by atoms with E-state index in [1.54, 1.807) is 25.2 Å². The number of primary sulfonamides is 1. The molecule has 0 aliphatic carbocycles. The van der Waals surface area contributed by atoms with E-state index in [-0.39, 0.29) is 29.1 Å². The Morgan fingerprint density at radius 1 is 1.29 bits per heavy atom. The van der Waals surface area contributed by atoms with Crippen LogP contribution in [0.2, 0.25) is 0 Å². The molecular weight excluding hydrogens is 414 g/mol. The van der Waals surface area contributed by atoms with Gasteiger partial charge in [-0.15, -0.1) is 0 Å². The topological polar surface area (TPSA) is 119 Å². The molecule has 9 nitrogen and oxygen atoms in total. The molecule has 4 aromatic rings. The van der Waals surface area contributed by atoms with E-state index in [4.69, 9.17) is 16.1 Å². The van der Waals surface area contributed by atoms with Gasteiger partial charge >= 0.3 is 0 Å². The Morgan fingerprint density at radius 2 is 2.10 bits per heavy atom. The van der Waals surface area contributed by atoms with Crippen LogP contribution in [0.5, 0.6) is 0 Å². The van der Waals surface area contributed by atoms with Crippen molar-refractivity contribution in [2.24, 2.45) is 12.2 Å². The van der Waals surface area contributed by atoms with Gasteiger partial charge < -0.3 is 10.2 Å². The summed E-state index contributed by atoms with van der Waals surface area (Å²) in [5, 5.41) is 12.5. The van der Waals surface area contributed by atoms with Crippen molar-refractivity contribution in [1.82, 2.24) is 19.7 Å². The van der Waals surface area contributed by atoms with Gasteiger partial charge in [0.15, 0.2) is 0 Å². The number of benzene rings is 2. The highest BCUT2D eigenvalue weighted by molar-refractivity contribution is 7.89. The number of hydrogen-bond donors (Lipinski definition) is 2. The maximum Gasteiger partial charge on any atom is 0.238 e. The number of nitrogens with one attached hydrogen (secondary N) is 1. The number of anilines is 4. The molecule has 0 radical (unpaired) electrons.